The van der Waals surface area contributed by atoms with Crippen molar-refractivity contribution in [3.63, 3.8) is 0 Å². The number of hydrogen-bond donors (Lipinski definition) is 7. The number of phenolic OH excluding ortho intramolecular Hbond substituents is 3. The Morgan fingerprint density at radius 3 is 1.60 bits per heavy atom. The summed E-state index contributed by atoms with van der Waals surface area (Å²) in [7, 11) is 2.12. The number of nitrogens with one attached hydrogen (secondary N) is 1. The van der Waals surface area contributed by atoms with E-state index in [1.165, 1.54) is 77.4 Å². The van der Waals surface area contributed by atoms with E-state index in [1.54, 1.807) is 31.2 Å². The molecule has 3 spiro atoms. The molecule has 17 nitrogen and oxygen atoms in total. The number of aryl methyl sites for hydroxylation is 2. The lowest BCUT2D eigenvalue weighted by Crippen LogP contribution is -2.77. The van der Waals surface area contributed by atoms with E-state index >= 15 is 0 Å². The van der Waals surface area contributed by atoms with Gasteiger partial charge in [-0.25, -0.2) is 4.79 Å². The van der Waals surface area contributed by atoms with Crippen LogP contribution in [0.5, 0.6) is 34.5 Å². The number of piperidine rings is 3. The Morgan fingerprint density at radius 1 is 0.584 bits per heavy atom. The molecule has 15 aliphatic rings. The van der Waals surface area contributed by atoms with Crippen LogP contribution in [0.1, 0.15) is 161 Å². The van der Waals surface area contributed by atoms with Crippen LogP contribution < -0.4 is 14.2 Å². The average Bonchev–Trinajstić information content (AvgIpc) is 1.55. The molecule has 520 valence electrons. The van der Waals surface area contributed by atoms with Gasteiger partial charge in [0.25, 0.3) is 0 Å². The van der Waals surface area contributed by atoms with E-state index in [1.807, 2.05) is 61.5 Å². The van der Waals surface area contributed by atoms with Gasteiger partial charge in [-0.3, -0.25) is 19.5 Å². The fraction of sp³-hybridized carbons (Fsp3) is 0.476. The van der Waals surface area contributed by atoms with Gasteiger partial charge in [0.05, 0.1) is 56.6 Å². The van der Waals surface area contributed by atoms with Gasteiger partial charge in [0.2, 0.25) is 0 Å². The van der Waals surface area contributed by atoms with Gasteiger partial charge >= 0.3 is 5.97 Å². The fourth-order valence-corrected chi connectivity index (χ4v) is 23.1. The molecule has 8 heterocycles. The van der Waals surface area contributed by atoms with Gasteiger partial charge in [-0.2, -0.15) is 0 Å². The summed E-state index contributed by atoms with van der Waals surface area (Å²) in [6.45, 7) is 10.1. The zero-order chi connectivity index (χ0) is 68.3. The standard InChI is InChI=1S/C29H30N2O5.C28H29NO4.C27H28N2O3/c1-2-35-27(33)17-5-7-18-19-13-29(34)22-12-16-6-8-21(32)25-23(16)28(29,9-10-31(22)14-15-3-4-15)26(36-25)24(19)30-20(18)11-17;1-16-2-4-17(5-3-16)12-20-14-28(32)22-13-19-8-9-21(30)25-23(19)27(28,26(33-25)24(20)31)10-11-29(22)15-18-6-7-18;1-28-19-5-3-2-4-17(19)18-13-27(31)21-12-16-8-9-20(30)24-22(16)26(27,25(32-24)23(18)28)10-11-29(21)14-15-6-7-15/h5-8,11,15,22,26,30,32,34H,2-4,9-10,12-14H2,1H3;2-5,8-9,12,18,22,26,30,32H,6-7,10-11,13-15H2,1H3;2-5,8-9,15,21,25,30-31H,6-7,10-14H2,1H3/b;20-12+;/t22-,26+,28+,29-;22-,26+,27+,28-;21-,25+,26+,27-/m111/s1. The number of benzene rings is 6. The number of aromatic nitrogens is 2. The molecule has 0 unspecified atom stereocenters. The Morgan fingerprint density at radius 2 is 1.07 bits per heavy atom. The minimum atomic E-state index is -1.11. The summed E-state index contributed by atoms with van der Waals surface area (Å²) in [5.41, 5.74) is 11.3. The monoisotopic (exact) mass is 1360 g/mol. The Labute approximate surface area is 586 Å². The van der Waals surface area contributed by atoms with Crippen LogP contribution in [0.25, 0.3) is 27.9 Å². The summed E-state index contributed by atoms with van der Waals surface area (Å²) in [4.78, 5) is 37.4. The number of aromatic hydroxyl groups is 3. The number of hydrogen-bond acceptors (Lipinski definition) is 15. The van der Waals surface area contributed by atoms with E-state index < -0.39 is 45.3 Å². The van der Waals surface area contributed by atoms with Crippen molar-refractivity contribution < 1.29 is 59.2 Å². The van der Waals surface area contributed by atoms with E-state index in [0.717, 1.165) is 139 Å². The molecule has 12 atom stereocenters. The molecule has 7 N–H and O–H groups in total. The smallest absolute Gasteiger partial charge is 0.338 e. The highest BCUT2D eigenvalue weighted by Gasteiger charge is 2.77. The summed E-state index contributed by atoms with van der Waals surface area (Å²) in [5.74, 6) is 3.81. The number of esters is 1. The third kappa shape index (κ3) is 8.08. The zero-order valence-corrected chi connectivity index (χ0v) is 57.6. The van der Waals surface area contributed by atoms with Crippen LogP contribution in [0.2, 0.25) is 0 Å². The Bertz CT molecular complexity index is 4970. The zero-order valence-electron chi connectivity index (χ0n) is 57.6. The van der Waals surface area contributed by atoms with E-state index in [4.69, 9.17) is 18.9 Å². The highest BCUT2D eigenvalue weighted by molar-refractivity contribution is 6.06. The van der Waals surface area contributed by atoms with Crippen LogP contribution in [0, 0.1) is 24.7 Å². The molecule has 2 aromatic heterocycles. The first-order valence-corrected chi connectivity index (χ1v) is 37.5. The van der Waals surface area contributed by atoms with Gasteiger partial charge in [0.15, 0.2) is 58.6 Å². The van der Waals surface area contributed by atoms with Gasteiger partial charge in [-0.15, -0.1) is 0 Å². The maximum Gasteiger partial charge on any atom is 0.338 e. The molecular formula is C84H87N5O12. The molecule has 4 saturated carbocycles. The molecule has 8 aromatic rings. The van der Waals surface area contributed by atoms with Crippen LogP contribution in [0.4, 0.5) is 0 Å². The Hall–Kier alpha value is -8.16. The number of H-pyrrole nitrogens is 1. The topological polar surface area (TPSA) is 223 Å². The lowest BCUT2D eigenvalue weighted by atomic mass is 9.48. The molecule has 101 heavy (non-hydrogen) atoms. The van der Waals surface area contributed by atoms with Crippen LogP contribution >= 0.6 is 0 Å². The fourth-order valence-electron chi connectivity index (χ4n) is 23.1. The summed E-state index contributed by atoms with van der Waals surface area (Å²) >= 11 is 0. The first-order chi connectivity index (χ1) is 48.9. The number of rotatable bonds is 9. The van der Waals surface area contributed by atoms with Gasteiger partial charge in [-0.1, -0.05) is 72.3 Å². The average molecular weight is 1360 g/mol. The molecule has 3 saturated heterocycles. The Balaban J connectivity index is 0.0000000990. The maximum absolute atomic E-state index is 13.8. The van der Waals surface area contributed by atoms with Crippen molar-refractivity contribution in [1.82, 2.24) is 24.3 Å². The second kappa shape index (κ2) is 21.0. The van der Waals surface area contributed by atoms with Crippen molar-refractivity contribution in [2.45, 2.75) is 180 Å². The van der Waals surface area contributed by atoms with Crippen LogP contribution in [0.3, 0.4) is 0 Å². The third-order valence-corrected chi connectivity index (χ3v) is 28.1. The molecule has 6 aromatic carbocycles. The number of ether oxygens (including phenoxy) is 4. The number of carbonyl (C=O) groups excluding carboxylic acids is 2. The van der Waals surface area contributed by atoms with Crippen molar-refractivity contribution in [3.8, 4) is 34.5 Å². The summed E-state index contributed by atoms with van der Waals surface area (Å²) < 4.78 is 27.1. The number of likely N-dealkylation sites (tertiary alicyclic amines) is 3. The first kappa shape index (κ1) is 61.5. The number of para-hydroxylation sites is 1. The second-order valence-electron chi connectivity index (χ2n) is 33.2. The lowest BCUT2D eigenvalue weighted by molar-refractivity contribution is -0.179. The predicted octanol–water partition coefficient (Wildman–Crippen LogP) is 10.9. The first-order valence-electron chi connectivity index (χ1n) is 37.5. The van der Waals surface area contributed by atoms with E-state index in [9.17, 15) is 40.2 Å². The quantitative estimate of drug-likeness (QED) is 0.0527. The molecule has 6 aliphatic heterocycles. The van der Waals surface area contributed by atoms with Crippen molar-refractivity contribution in [3.05, 3.63) is 181 Å². The minimum absolute atomic E-state index is 0.00199. The van der Waals surface area contributed by atoms with Crippen molar-refractivity contribution in [1.29, 1.82) is 0 Å². The highest BCUT2D eigenvalue weighted by Crippen LogP contribution is 2.72. The SMILES string of the molecule is CCOC(=O)c1ccc2c3c([nH]c2c1)[C@@H]1Oc2c(O)ccc4c2[C@@]12CCN(CC1CC1)[C@H](C4)[C@]2(O)C3.Cc1ccc(/C=C2\C[C@@]3(O)[C@H]4Cc5ccc(O)c6c5[C@@]3(CCN4CC3CC3)[C@@H](O6)C2=O)cc1.Cn1c2c(c3ccccc31)C[C@@]1(O)[C@H]3Cc4ccc(O)c5c4[C@@]1(CCN3CC1CC1)[C@H]2O5. The molecular weight excluding hydrogens is 1270 g/mol. The number of aliphatic hydroxyl groups is 3. The largest absolute Gasteiger partial charge is 0.504 e. The highest BCUT2D eigenvalue weighted by atomic mass is 16.5. The predicted molar refractivity (Wildman–Crippen MR) is 378 cm³/mol. The van der Waals surface area contributed by atoms with E-state index in [2.05, 4.69) is 61.6 Å². The Kier molecular flexibility index (Phi) is 12.8. The van der Waals surface area contributed by atoms with Crippen LogP contribution in [0.15, 0.2) is 109 Å². The lowest BCUT2D eigenvalue weighted by Gasteiger charge is -2.63. The number of ketones is 1. The minimum Gasteiger partial charge on any atom is -0.504 e. The number of fused-ring (bicyclic) bond motifs is 8. The summed E-state index contributed by atoms with van der Waals surface area (Å²) in [6.07, 6.45) is 14.3. The van der Waals surface area contributed by atoms with Gasteiger partial charge in [0.1, 0.15) is 0 Å². The molecule has 23 rings (SSSR count). The van der Waals surface area contributed by atoms with Crippen LogP contribution in [-0.4, -0.2) is 154 Å². The van der Waals surface area contributed by atoms with Crippen LogP contribution in [-0.2, 0) is 64.9 Å². The maximum atomic E-state index is 13.8. The van der Waals surface area contributed by atoms with Gasteiger partial charge < -0.3 is 59.1 Å². The molecule has 0 radical (unpaired) electrons. The van der Waals surface area contributed by atoms with Gasteiger partial charge in [-0.05, 0) is 204 Å². The molecule has 17 heteroatoms. The number of phenols is 3. The molecule has 0 amide bonds. The number of Topliss-reactive ketones (excluding diaryl/α,β-unsaturated/α-hetero) is 1. The molecule has 7 fully saturated rings. The summed E-state index contributed by atoms with van der Waals surface area (Å²) in [5, 5.41) is 72.8. The summed E-state index contributed by atoms with van der Waals surface area (Å²) in [6, 6.07) is 33.5. The van der Waals surface area contributed by atoms with Crippen molar-refractivity contribution >= 4 is 39.6 Å². The normalized spacial score (nSPS) is 33.7. The van der Waals surface area contributed by atoms with Crippen molar-refractivity contribution in [2.75, 3.05) is 45.9 Å². The number of nitrogens with zero attached hydrogens (tertiary/aromatic N) is 4. The molecule has 9 aliphatic carbocycles. The second-order valence-corrected chi connectivity index (χ2v) is 33.2. The van der Waals surface area contributed by atoms with Gasteiger partial charge in [0, 0.05) is 108 Å². The van der Waals surface area contributed by atoms with Crippen molar-refractivity contribution in [2.24, 2.45) is 24.8 Å². The van der Waals surface area contributed by atoms with E-state index in [-0.39, 0.29) is 53.2 Å². The number of carbonyl (C=O) groups is 2. The number of aromatic amines is 1. The third-order valence-electron chi connectivity index (χ3n) is 28.1. The molecule has 6 bridgehead atoms. The van der Waals surface area contributed by atoms with E-state index in [0.29, 0.717) is 60.7 Å².